The molecule has 0 saturated heterocycles. The van der Waals surface area contributed by atoms with Gasteiger partial charge in [-0.2, -0.15) is 0 Å². The van der Waals surface area contributed by atoms with E-state index in [0.717, 1.165) is 0 Å². The van der Waals surface area contributed by atoms with Gasteiger partial charge in [-0.1, -0.05) is 4.49 Å². The summed E-state index contributed by atoms with van der Waals surface area (Å²) in [6, 6.07) is 0. The van der Waals surface area contributed by atoms with Crippen molar-refractivity contribution in [3.63, 3.8) is 0 Å². The summed E-state index contributed by atoms with van der Waals surface area (Å²) in [6.45, 7) is 0. The van der Waals surface area contributed by atoms with Crippen LogP contribution in [0.2, 0.25) is 0 Å². The number of nitrogens with zero attached hydrogens (tertiary/aromatic N) is 2. The molecule has 0 N–H and O–H groups in total. The second-order valence-electron chi connectivity index (χ2n) is 0.588. The van der Waals surface area contributed by atoms with Crippen molar-refractivity contribution in [3.05, 3.63) is 11.6 Å². The van der Waals surface area contributed by atoms with Gasteiger partial charge in [-0.05, 0) is 11.5 Å². The first-order valence-electron chi connectivity index (χ1n) is 1.21. The maximum atomic E-state index is 3.51. The minimum absolute atomic E-state index is 0. The monoisotopic (exact) mass is 166 g/mol. The third-order valence-corrected chi connectivity index (χ3v) is 0.715. The molecule has 0 unspecified atom stereocenters. The first-order valence-corrected chi connectivity index (χ1v) is 2.05. The Labute approximate surface area is 134 Å². The molecule has 0 bridgehead atoms. The van der Waals surface area contributed by atoms with Gasteiger partial charge < -0.3 is 2.85 Å². The molecule has 0 atom stereocenters. The first-order chi connectivity index (χ1) is 2.50. The zero-order valence-corrected chi connectivity index (χ0v) is 11.5. The Balaban J connectivity index is -0.0000000312. The van der Waals surface area contributed by atoms with Crippen LogP contribution < -0.4 is 103 Å². The second-order valence-corrected chi connectivity index (χ2v) is 1.23. The number of hydrogen-bond donors (Lipinski definition) is 0. The predicted molar refractivity (Wildman–Crippen MR) is 22.1 cm³/mol. The van der Waals surface area contributed by atoms with E-state index in [0.29, 0.717) is 0 Å². The van der Waals surface area contributed by atoms with E-state index >= 15 is 0 Å². The third-order valence-electron chi connectivity index (χ3n) is 0.283. The summed E-state index contributed by atoms with van der Waals surface area (Å²) in [5, 5.41) is 5.31. The molecule has 1 aromatic heterocycles. The summed E-state index contributed by atoms with van der Waals surface area (Å²) in [5.41, 5.74) is 0. The fourth-order valence-electron chi connectivity index (χ4n) is 0.136. The molecule has 5 heteroatoms. The molecule has 0 radical (unpaired) electrons. The molecular weight excluding hydrogens is 162 g/mol. The third kappa shape index (κ3) is 6.72. The van der Waals surface area contributed by atoms with Gasteiger partial charge in [0.25, 0.3) is 0 Å². The quantitative estimate of drug-likeness (QED) is 0.360. The zero-order valence-electron chi connectivity index (χ0n) is 6.46. The standard InChI is InChI=1S/C2H2N2S.2K.2H/c1-2-5-4-3-1;;;;/h1-2H;;;;/q;2*+1;2*-1. The molecule has 0 amide bonds. The van der Waals surface area contributed by atoms with Crippen molar-refractivity contribution in [1.29, 1.82) is 0 Å². The van der Waals surface area contributed by atoms with E-state index in [2.05, 4.69) is 9.59 Å². The maximum Gasteiger partial charge on any atom is 1.00 e. The van der Waals surface area contributed by atoms with Gasteiger partial charge in [-0.3, -0.25) is 0 Å². The molecule has 30 valence electrons. The van der Waals surface area contributed by atoms with Crippen LogP contribution in [0, 0.1) is 0 Å². The minimum atomic E-state index is 0. The Morgan fingerprint density at radius 1 is 1.43 bits per heavy atom. The zero-order chi connectivity index (χ0) is 3.54. The number of hydrogen-bond acceptors (Lipinski definition) is 3. The van der Waals surface area contributed by atoms with Gasteiger partial charge in [-0.25, -0.2) is 0 Å². The van der Waals surface area contributed by atoms with Crippen LogP contribution in [0.4, 0.5) is 0 Å². The molecule has 0 aliphatic rings. The van der Waals surface area contributed by atoms with Crippen molar-refractivity contribution in [2.75, 3.05) is 0 Å². The van der Waals surface area contributed by atoms with Crippen LogP contribution in [0.3, 0.4) is 0 Å². The maximum absolute atomic E-state index is 3.51. The van der Waals surface area contributed by atoms with E-state index < -0.39 is 0 Å². The van der Waals surface area contributed by atoms with Crippen LogP contribution >= 0.6 is 11.5 Å². The van der Waals surface area contributed by atoms with Crippen LogP contribution in [0.25, 0.3) is 0 Å². The number of aromatic nitrogens is 2. The first kappa shape index (κ1) is 12.5. The Hall–Kier alpha value is 2.83. The molecular formula is C2H4K2N2S. The summed E-state index contributed by atoms with van der Waals surface area (Å²) in [7, 11) is 0. The molecule has 1 rings (SSSR count). The van der Waals surface area contributed by atoms with Crippen LogP contribution in [0.5, 0.6) is 0 Å². The van der Waals surface area contributed by atoms with E-state index in [1.54, 1.807) is 6.20 Å². The summed E-state index contributed by atoms with van der Waals surface area (Å²) in [4.78, 5) is 0. The van der Waals surface area contributed by atoms with Crippen molar-refractivity contribution in [2.24, 2.45) is 0 Å². The van der Waals surface area contributed by atoms with E-state index in [-0.39, 0.29) is 106 Å². The van der Waals surface area contributed by atoms with Gasteiger partial charge in [-0.15, -0.1) is 5.10 Å². The molecule has 1 aromatic rings. The van der Waals surface area contributed by atoms with Gasteiger partial charge in [0.2, 0.25) is 0 Å². The summed E-state index contributed by atoms with van der Waals surface area (Å²) < 4.78 is 3.51. The molecule has 0 spiro atoms. The van der Waals surface area contributed by atoms with Crippen molar-refractivity contribution >= 4 is 11.5 Å². The van der Waals surface area contributed by atoms with Gasteiger partial charge in [0.15, 0.2) is 0 Å². The molecule has 0 aliphatic carbocycles. The van der Waals surface area contributed by atoms with Crippen LogP contribution in [0.15, 0.2) is 11.6 Å². The number of rotatable bonds is 0. The minimum Gasteiger partial charge on any atom is -1.00 e. The molecule has 0 saturated carbocycles. The smallest absolute Gasteiger partial charge is 1.00 e. The molecule has 1 heterocycles. The Morgan fingerprint density at radius 2 is 2.14 bits per heavy atom. The van der Waals surface area contributed by atoms with Gasteiger partial charge in [0, 0.05) is 5.38 Å². The van der Waals surface area contributed by atoms with E-state index in [1.165, 1.54) is 11.5 Å². The van der Waals surface area contributed by atoms with Crippen molar-refractivity contribution in [3.8, 4) is 0 Å². The van der Waals surface area contributed by atoms with Crippen LogP contribution in [-0.4, -0.2) is 9.59 Å². The Morgan fingerprint density at radius 3 is 2.29 bits per heavy atom. The van der Waals surface area contributed by atoms with E-state index in [9.17, 15) is 0 Å². The van der Waals surface area contributed by atoms with Crippen molar-refractivity contribution in [2.45, 2.75) is 0 Å². The molecule has 0 aromatic carbocycles. The topological polar surface area (TPSA) is 25.8 Å². The average molecular weight is 166 g/mol. The van der Waals surface area contributed by atoms with Crippen molar-refractivity contribution < 1.29 is 106 Å². The van der Waals surface area contributed by atoms with E-state index in [4.69, 9.17) is 0 Å². The predicted octanol–water partition coefficient (Wildman–Crippen LogP) is -5.23. The molecule has 0 aliphatic heterocycles. The van der Waals surface area contributed by atoms with Crippen molar-refractivity contribution in [1.82, 2.24) is 9.59 Å². The van der Waals surface area contributed by atoms with Crippen LogP contribution in [0.1, 0.15) is 2.85 Å². The normalized spacial score (nSPS) is 5.71. The largest absolute Gasteiger partial charge is 1.00 e. The second kappa shape index (κ2) is 8.83. The van der Waals surface area contributed by atoms with Crippen LogP contribution in [-0.2, 0) is 0 Å². The molecule has 2 nitrogen and oxygen atoms in total. The fraction of sp³-hybridized carbons (Fsp3) is 0. The summed E-state index contributed by atoms with van der Waals surface area (Å²) in [5.74, 6) is 0. The molecule has 0 fully saturated rings. The molecule has 7 heavy (non-hydrogen) atoms. The Bertz CT molecular complexity index is 77.0. The van der Waals surface area contributed by atoms with Gasteiger partial charge >= 0.3 is 103 Å². The van der Waals surface area contributed by atoms with E-state index in [1.807, 2.05) is 5.38 Å². The van der Waals surface area contributed by atoms with Gasteiger partial charge in [0.05, 0.1) is 6.20 Å². The fourth-order valence-corrected chi connectivity index (χ4v) is 0.408. The average Bonchev–Trinajstić information content (AvgIpc) is 1.76. The Kier molecular flexibility index (Phi) is 15.8. The summed E-state index contributed by atoms with van der Waals surface area (Å²) in [6.07, 6.45) is 1.66. The summed E-state index contributed by atoms with van der Waals surface area (Å²) >= 11 is 1.35. The van der Waals surface area contributed by atoms with Gasteiger partial charge in [0.1, 0.15) is 0 Å². The SMILES string of the molecule is [H-].[H-].[K+].[K+].c1csnn1.